The van der Waals surface area contributed by atoms with Gasteiger partial charge in [0.1, 0.15) is 0 Å². The molecule has 2 fully saturated rings. The van der Waals surface area contributed by atoms with Gasteiger partial charge < -0.3 is 20.4 Å². The number of nitrogens with one attached hydrogen (secondary N) is 2. The van der Waals surface area contributed by atoms with Crippen molar-refractivity contribution in [2.75, 3.05) is 13.1 Å². The summed E-state index contributed by atoms with van der Waals surface area (Å²) >= 11 is 0. The molecular weight excluding hydrogens is 457 g/mol. The predicted octanol–water partition coefficient (Wildman–Crippen LogP) is 3.16. The van der Waals surface area contributed by atoms with Crippen LogP contribution < -0.4 is 10.6 Å². The van der Waals surface area contributed by atoms with E-state index < -0.39 is 0 Å². The van der Waals surface area contributed by atoms with Crippen LogP contribution in [0.3, 0.4) is 0 Å². The summed E-state index contributed by atoms with van der Waals surface area (Å²) < 4.78 is 0. The molecule has 2 N–H and O–H groups in total. The minimum atomic E-state index is 0. The molecule has 8 heteroatoms. The van der Waals surface area contributed by atoms with Crippen LogP contribution in [-0.2, 0) is 47.1 Å². The van der Waals surface area contributed by atoms with Crippen LogP contribution in [0.25, 0.3) is 0 Å². The molecule has 2 heterocycles. The first-order chi connectivity index (χ1) is 13.4. The zero-order valence-corrected chi connectivity index (χ0v) is 20.8. The van der Waals surface area contributed by atoms with E-state index in [-0.39, 0.29) is 64.0 Å². The summed E-state index contributed by atoms with van der Waals surface area (Å²) in [6.07, 6.45) is 10.6. The van der Waals surface area contributed by atoms with Crippen molar-refractivity contribution in [1.82, 2.24) is 20.4 Å². The van der Waals surface area contributed by atoms with Gasteiger partial charge in [0.15, 0.2) is 0 Å². The van der Waals surface area contributed by atoms with Crippen LogP contribution in [0.15, 0.2) is 38.3 Å². The molecule has 2 aliphatic rings. The van der Waals surface area contributed by atoms with E-state index in [1.54, 1.807) is 23.5 Å². The molecule has 3 amide bonds. The van der Waals surface area contributed by atoms with Crippen LogP contribution in [0.4, 0.5) is 0 Å². The number of likely N-dealkylation sites (tertiary alicyclic amines) is 2. The van der Waals surface area contributed by atoms with Crippen molar-refractivity contribution in [3.63, 3.8) is 0 Å². The number of rotatable bonds is 9. The topological polar surface area (TPSA) is 81.8 Å². The number of hydrogen-bond acceptors (Lipinski definition) is 4. The van der Waals surface area contributed by atoms with Crippen LogP contribution >= 0.6 is 0 Å². The van der Waals surface area contributed by atoms with Gasteiger partial charge in [-0.1, -0.05) is 34.1 Å². The van der Waals surface area contributed by atoms with Crippen LogP contribution in [0.5, 0.6) is 0 Å². The molecule has 0 aromatic carbocycles. The second-order valence-corrected chi connectivity index (χ2v) is 6.62. The Morgan fingerprint density at radius 2 is 1.63 bits per heavy atom. The molecule has 0 aromatic heterocycles. The molecule has 2 saturated heterocycles. The molecule has 0 aliphatic carbocycles. The molecule has 1 radical (unpaired) electrons. The molecule has 0 spiro atoms. The van der Waals surface area contributed by atoms with Crippen molar-refractivity contribution in [2.45, 2.75) is 71.9 Å². The molecule has 2 rings (SSSR count). The van der Waals surface area contributed by atoms with Gasteiger partial charge >= 0.3 is 0 Å². The van der Waals surface area contributed by atoms with E-state index in [1.165, 1.54) is 0 Å². The first-order valence-corrected chi connectivity index (χ1v) is 9.84. The minimum absolute atomic E-state index is 0. The SMILES string of the molecule is C.C=CN1CCCC1=O.C=CNC=C.CCC(CC(C)NC=O)N1CCCC1=O.[Y]. The van der Waals surface area contributed by atoms with Gasteiger partial charge in [-0.15, -0.1) is 0 Å². The maximum atomic E-state index is 11.5. The molecule has 0 saturated carbocycles. The van der Waals surface area contributed by atoms with Gasteiger partial charge in [-0.25, -0.2) is 0 Å². The second kappa shape index (κ2) is 20.8. The van der Waals surface area contributed by atoms with Crippen molar-refractivity contribution < 1.29 is 47.1 Å². The molecule has 7 nitrogen and oxygen atoms in total. The molecule has 0 bridgehead atoms. The van der Waals surface area contributed by atoms with Gasteiger partial charge in [-0.3, -0.25) is 14.4 Å². The van der Waals surface area contributed by atoms with Gasteiger partial charge in [0.25, 0.3) is 0 Å². The summed E-state index contributed by atoms with van der Waals surface area (Å²) in [6, 6.07) is 0.420. The third-order valence-electron chi connectivity index (χ3n) is 4.57. The quantitative estimate of drug-likeness (QED) is 0.480. The number of hydrogen-bond donors (Lipinski definition) is 2. The van der Waals surface area contributed by atoms with Crippen molar-refractivity contribution in [1.29, 1.82) is 0 Å². The Hall–Kier alpha value is -1.47. The molecule has 30 heavy (non-hydrogen) atoms. The molecule has 2 unspecified atom stereocenters. The summed E-state index contributed by atoms with van der Waals surface area (Å²) in [4.78, 5) is 36.1. The van der Waals surface area contributed by atoms with Crippen LogP contribution in [0.1, 0.15) is 59.8 Å². The number of carbonyl (C=O) groups is 3. The monoisotopic (exact) mass is 497 g/mol. The van der Waals surface area contributed by atoms with Gasteiger partial charge in [0, 0.05) is 70.7 Å². The fourth-order valence-corrected chi connectivity index (χ4v) is 3.11. The van der Waals surface area contributed by atoms with Crippen LogP contribution in [0, 0.1) is 0 Å². The van der Waals surface area contributed by atoms with Crippen LogP contribution in [0.2, 0.25) is 0 Å². The average molecular weight is 497 g/mol. The molecule has 169 valence electrons. The maximum Gasteiger partial charge on any atom is 0.226 e. The number of nitrogens with zero attached hydrogens (tertiary/aromatic N) is 2. The van der Waals surface area contributed by atoms with E-state index in [1.807, 2.05) is 11.8 Å². The normalized spacial score (nSPS) is 16.2. The number of amides is 3. The summed E-state index contributed by atoms with van der Waals surface area (Å²) in [5, 5.41) is 5.37. The Morgan fingerprint density at radius 1 is 1.07 bits per heavy atom. The van der Waals surface area contributed by atoms with E-state index in [0.29, 0.717) is 12.8 Å². The predicted molar refractivity (Wildman–Crippen MR) is 120 cm³/mol. The Bertz CT molecular complexity index is 523. The number of carbonyl (C=O) groups excluding carboxylic acids is 3. The summed E-state index contributed by atoms with van der Waals surface area (Å²) in [5.74, 6) is 0.472. The Morgan fingerprint density at radius 3 is 1.93 bits per heavy atom. The Balaban J connectivity index is -0.000000411. The third kappa shape index (κ3) is 13.7. The summed E-state index contributed by atoms with van der Waals surface area (Å²) in [7, 11) is 0. The smallest absolute Gasteiger partial charge is 0.226 e. The van der Waals surface area contributed by atoms with E-state index in [9.17, 15) is 14.4 Å². The third-order valence-corrected chi connectivity index (χ3v) is 4.57. The van der Waals surface area contributed by atoms with Crippen molar-refractivity contribution in [2.24, 2.45) is 0 Å². The zero-order valence-electron chi connectivity index (χ0n) is 17.9. The summed E-state index contributed by atoms with van der Waals surface area (Å²) in [6.45, 7) is 16.0. The van der Waals surface area contributed by atoms with Crippen molar-refractivity contribution in [3.8, 4) is 0 Å². The average Bonchev–Trinajstić information content (AvgIpc) is 3.29. The molecule has 2 aliphatic heterocycles. The standard InChI is InChI=1S/C11H20N2O2.C6H9NO.C4H7N.CH4.Y/c1-3-10(7-9(2)12-8-14)13-6-4-5-11(13)15;1-2-7-5-3-4-6(7)8;1-3-5-4-2;;/h8-10H,3-7H2,1-2H3,(H,12,14);2H,1,3-5H2;3-5H,1-2H2;1H4;. The zero-order chi connectivity index (χ0) is 21.4. The minimum Gasteiger partial charge on any atom is -0.369 e. The first-order valence-electron chi connectivity index (χ1n) is 9.84. The van der Waals surface area contributed by atoms with Crippen LogP contribution in [-0.4, -0.2) is 53.2 Å². The fourth-order valence-electron chi connectivity index (χ4n) is 3.11. The van der Waals surface area contributed by atoms with Gasteiger partial charge in [-0.05, 0) is 51.2 Å². The first kappa shape index (κ1) is 33.2. The van der Waals surface area contributed by atoms with Gasteiger partial charge in [0.2, 0.25) is 18.2 Å². The molecular formula is C22H40N4O3Y. The van der Waals surface area contributed by atoms with E-state index >= 15 is 0 Å². The van der Waals surface area contributed by atoms with Gasteiger partial charge in [0.05, 0.1) is 0 Å². The molecule has 2 atom stereocenters. The molecule has 0 aromatic rings. The fraction of sp³-hybridized carbons (Fsp3) is 0.591. The second-order valence-electron chi connectivity index (χ2n) is 6.62. The van der Waals surface area contributed by atoms with E-state index in [4.69, 9.17) is 0 Å². The van der Waals surface area contributed by atoms with Gasteiger partial charge in [-0.2, -0.15) is 0 Å². The van der Waals surface area contributed by atoms with Crippen molar-refractivity contribution >= 4 is 18.2 Å². The van der Waals surface area contributed by atoms with E-state index in [0.717, 1.165) is 45.2 Å². The Labute approximate surface area is 208 Å². The van der Waals surface area contributed by atoms with E-state index in [2.05, 4.69) is 37.3 Å². The maximum absolute atomic E-state index is 11.5. The largest absolute Gasteiger partial charge is 0.369 e. The Kier molecular flexibility index (Phi) is 23.0. The summed E-state index contributed by atoms with van der Waals surface area (Å²) in [5.41, 5.74) is 0. The van der Waals surface area contributed by atoms with Crippen molar-refractivity contribution in [3.05, 3.63) is 38.3 Å².